The van der Waals surface area contributed by atoms with E-state index in [2.05, 4.69) is 5.32 Å². The van der Waals surface area contributed by atoms with Crippen molar-refractivity contribution >= 4 is 11.9 Å². The average molecular weight is 230 g/mol. The number of nitrogens with one attached hydrogen (secondary N) is 1. The molecule has 0 aromatic carbocycles. The van der Waals surface area contributed by atoms with Crippen molar-refractivity contribution in [1.82, 2.24) is 10.2 Å². The first-order valence-electron chi connectivity index (χ1n) is 5.20. The fraction of sp³-hybridized carbons (Fsp3) is 0.800. The molecule has 0 saturated carbocycles. The van der Waals surface area contributed by atoms with Crippen LogP contribution in [0.3, 0.4) is 0 Å². The highest BCUT2D eigenvalue weighted by Gasteiger charge is 2.43. The molecule has 1 amide bonds. The number of likely N-dealkylation sites (N-methyl/N-ethyl adjacent to an activating group) is 1. The van der Waals surface area contributed by atoms with Gasteiger partial charge in [-0.05, 0) is 20.9 Å². The van der Waals surface area contributed by atoms with Crippen LogP contribution in [0.15, 0.2) is 0 Å². The Morgan fingerprint density at radius 2 is 2.00 bits per heavy atom. The summed E-state index contributed by atoms with van der Waals surface area (Å²) in [5, 5.41) is 21.2. The highest BCUT2D eigenvalue weighted by molar-refractivity contribution is 5.90. The van der Waals surface area contributed by atoms with Crippen LogP contribution in [0.4, 0.5) is 0 Å². The lowest BCUT2D eigenvalue weighted by Gasteiger charge is -2.31. The zero-order valence-corrected chi connectivity index (χ0v) is 9.73. The summed E-state index contributed by atoms with van der Waals surface area (Å²) in [4.78, 5) is 24.2. The van der Waals surface area contributed by atoms with Crippen LogP contribution in [-0.2, 0) is 9.59 Å². The van der Waals surface area contributed by atoms with E-state index >= 15 is 0 Å². The Morgan fingerprint density at radius 1 is 1.44 bits per heavy atom. The van der Waals surface area contributed by atoms with Gasteiger partial charge in [0.2, 0.25) is 5.91 Å². The van der Waals surface area contributed by atoms with Crippen LogP contribution in [0.2, 0.25) is 0 Å². The predicted molar refractivity (Wildman–Crippen MR) is 56.9 cm³/mol. The quantitative estimate of drug-likeness (QED) is 0.580. The summed E-state index contributed by atoms with van der Waals surface area (Å²) in [5.74, 6) is -1.38. The SMILES string of the molecule is CNC(C)(C)C(=O)N1CC(O)CC1C(=O)O. The van der Waals surface area contributed by atoms with Gasteiger partial charge in [0.25, 0.3) is 0 Å². The summed E-state index contributed by atoms with van der Waals surface area (Å²) >= 11 is 0. The van der Waals surface area contributed by atoms with Crippen LogP contribution in [-0.4, -0.2) is 58.3 Å². The number of β-amino-alcohol motifs (C(OH)–C–C–N with tert-alkyl or cyclic N) is 1. The van der Waals surface area contributed by atoms with Gasteiger partial charge in [0.05, 0.1) is 11.6 Å². The molecule has 0 radical (unpaired) electrons. The third kappa shape index (κ3) is 2.33. The smallest absolute Gasteiger partial charge is 0.326 e. The second-order valence-electron chi connectivity index (χ2n) is 4.58. The van der Waals surface area contributed by atoms with Gasteiger partial charge in [0, 0.05) is 13.0 Å². The Bertz CT molecular complexity index is 303. The molecule has 1 aliphatic heterocycles. The highest BCUT2D eigenvalue weighted by atomic mass is 16.4. The van der Waals surface area contributed by atoms with Crippen LogP contribution < -0.4 is 5.32 Å². The number of carbonyl (C=O) groups is 2. The molecule has 1 rings (SSSR count). The number of carboxylic acids is 1. The molecule has 6 nitrogen and oxygen atoms in total. The van der Waals surface area contributed by atoms with E-state index < -0.39 is 23.7 Å². The molecule has 2 unspecified atom stereocenters. The molecule has 3 N–H and O–H groups in total. The van der Waals surface area contributed by atoms with Gasteiger partial charge in [-0.15, -0.1) is 0 Å². The van der Waals surface area contributed by atoms with E-state index in [9.17, 15) is 14.7 Å². The highest BCUT2D eigenvalue weighted by Crippen LogP contribution is 2.21. The molecule has 0 aliphatic carbocycles. The number of hydrogen-bond acceptors (Lipinski definition) is 4. The largest absolute Gasteiger partial charge is 0.480 e. The van der Waals surface area contributed by atoms with Gasteiger partial charge in [-0.2, -0.15) is 0 Å². The number of nitrogens with zero attached hydrogens (tertiary/aromatic N) is 1. The lowest BCUT2D eigenvalue weighted by atomic mass is 10.0. The predicted octanol–water partition coefficient (Wildman–Crippen LogP) is -0.969. The molecule has 92 valence electrons. The third-order valence-electron chi connectivity index (χ3n) is 2.98. The third-order valence-corrected chi connectivity index (χ3v) is 2.98. The van der Waals surface area contributed by atoms with Crippen LogP contribution in [0, 0.1) is 0 Å². The number of rotatable bonds is 3. The van der Waals surface area contributed by atoms with E-state index in [-0.39, 0.29) is 18.9 Å². The van der Waals surface area contributed by atoms with Crippen LogP contribution in [0.25, 0.3) is 0 Å². The standard InChI is InChI=1S/C10H18N2O4/c1-10(2,11-3)9(16)12-5-6(13)4-7(12)8(14)15/h6-7,11,13H,4-5H2,1-3H3,(H,14,15). The maximum absolute atomic E-state index is 12.0. The van der Waals surface area contributed by atoms with Gasteiger partial charge in [-0.25, -0.2) is 4.79 Å². The Morgan fingerprint density at radius 3 is 2.44 bits per heavy atom. The Labute approximate surface area is 94.2 Å². The summed E-state index contributed by atoms with van der Waals surface area (Å²) in [6.45, 7) is 3.44. The van der Waals surface area contributed by atoms with E-state index in [1.165, 1.54) is 4.90 Å². The van der Waals surface area contributed by atoms with Gasteiger partial charge in [-0.3, -0.25) is 4.79 Å². The summed E-state index contributed by atoms with van der Waals surface area (Å²) in [6.07, 6.45) is -0.654. The maximum Gasteiger partial charge on any atom is 0.326 e. The van der Waals surface area contributed by atoms with Crippen molar-refractivity contribution in [1.29, 1.82) is 0 Å². The summed E-state index contributed by atoms with van der Waals surface area (Å²) in [6, 6.07) is -0.921. The molecule has 0 aromatic rings. The minimum absolute atomic E-state index is 0.0842. The maximum atomic E-state index is 12.0. The van der Waals surface area contributed by atoms with E-state index in [1.807, 2.05) is 0 Å². The lowest BCUT2D eigenvalue weighted by molar-refractivity contribution is -0.150. The minimum atomic E-state index is -1.07. The first kappa shape index (κ1) is 12.9. The normalized spacial score (nSPS) is 25.9. The van der Waals surface area contributed by atoms with Crippen LogP contribution >= 0.6 is 0 Å². The van der Waals surface area contributed by atoms with Gasteiger partial charge >= 0.3 is 5.97 Å². The molecule has 2 atom stereocenters. The molecule has 6 heteroatoms. The zero-order chi connectivity index (χ0) is 12.5. The molecule has 1 heterocycles. The van der Waals surface area contributed by atoms with Crippen molar-refractivity contribution in [2.75, 3.05) is 13.6 Å². The number of carbonyl (C=O) groups excluding carboxylic acids is 1. The lowest BCUT2D eigenvalue weighted by Crippen LogP contribution is -2.55. The number of carboxylic acid groups (broad SMARTS) is 1. The molecular formula is C10H18N2O4. The zero-order valence-electron chi connectivity index (χ0n) is 9.73. The fourth-order valence-electron chi connectivity index (χ4n) is 1.74. The van der Waals surface area contributed by atoms with Gasteiger partial charge in [0.15, 0.2) is 0 Å². The molecule has 0 aromatic heterocycles. The first-order valence-corrected chi connectivity index (χ1v) is 5.20. The number of likely N-dealkylation sites (tertiary alicyclic amines) is 1. The monoisotopic (exact) mass is 230 g/mol. The van der Waals surface area contributed by atoms with Crippen molar-refractivity contribution in [3.63, 3.8) is 0 Å². The number of aliphatic hydroxyl groups excluding tert-OH is 1. The molecule has 1 saturated heterocycles. The second-order valence-corrected chi connectivity index (χ2v) is 4.58. The van der Waals surface area contributed by atoms with E-state index in [0.717, 1.165) is 0 Å². The topological polar surface area (TPSA) is 89.9 Å². The Balaban J connectivity index is 2.86. The van der Waals surface area contributed by atoms with Crippen molar-refractivity contribution in [2.24, 2.45) is 0 Å². The number of aliphatic carboxylic acids is 1. The van der Waals surface area contributed by atoms with Crippen molar-refractivity contribution in [2.45, 2.75) is 38.0 Å². The van der Waals surface area contributed by atoms with E-state index in [4.69, 9.17) is 5.11 Å². The van der Waals surface area contributed by atoms with E-state index in [0.29, 0.717) is 0 Å². The van der Waals surface area contributed by atoms with Crippen molar-refractivity contribution in [3.8, 4) is 0 Å². The first-order chi connectivity index (χ1) is 7.29. The molecule has 16 heavy (non-hydrogen) atoms. The molecule has 0 spiro atoms. The van der Waals surface area contributed by atoms with Crippen molar-refractivity contribution in [3.05, 3.63) is 0 Å². The van der Waals surface area contributed by atoms with Gasteiger partial charge in [-0.1, -0.05) is 0 Å². The summed E-state index contributed by atoms with van der Waals surface area (Å²) in [5.41, 5.74) is -0.822. The summed E-state index contributed by atoms with van der Waals surface area (Å²) in [7, 11) is 1.64. The van der Waals surface area contributed by atoms with Crippen molar-refractivity contribution < 1.29 is 19.8 Å². The minimum Gasteiger partial charge on any atom is -0.480 e. The average Bonchev–Trinajstić information content (AvgIpc) is 2.59. The van der Waals surface area contributed by atoms with E-state index in [1.54, 1.807) is 20.9 Å². The van der Waals surface area contributed by atoms with Crippen LogP contribution in [0.5, 0.6) is 0 Å². The van der Waals surface area contributed by atoms with Crippen LogP contribution in [0.1, 0.15) is 20.3 Å². The number of hydrogen-bond donors (Lipinski definition) is 3. The molecular weight excluding hydrogens is 212 g/mol. The molecule has 1 fully saturated rings. The van der Waals surface area contributed by atoms with Gasteiger partial charge in [0.1, 0.15) is 6.04 Å². The number of amides is 1. The molecule has 1 aliphatic rings. The fourth-order valence-corrected chi connectivity index (χ4v) is 1.74. The molecule has 0 bridgehead atoms. The van der Waals surface area contributed by atoms with Gasteiger partial charge < -0.3 is 20.4 Å². The number of aliphatic hydroxyl groups is 1. The second kappa shape index (κ2) is 4.39. The Kier molecular flexibility index (Phi) is 3.54. The summed E-state index contributed by atoms with van der Waals surface area (Å²) < 4.78 is 0. The Hall–Kier alpha value is -1.14.